The maximum Gasteiger partial charge on any atom is 0.326 e. The first-order valence-electron chi connectivity index (χ1n) is 5.57. The monoisotopic (exact) mass is 287 g/mol. The minimum Gasteiger partial charge on any atom is -0.480 e. The molecule has 1 aliphatic rings. The topological polar surface area (TPSA) is 77.8 Å². The number of hydrogen-bond donors (Lipinski definition) is 2. The maximum absolute atomic E-state index is 13.3. The molecule has 1 heterocycles. The second-order valence-corrected chi connectivity index (χ2v) is 4.68. The van der Waals surface area contributed by atoms with Crippen molar-refractivity contribution >= 4 is 23.5 Å². The number of amides is 1. The highest BCUT2D eigenvalue weighted by molar-refractivity contribution is 6.34. The molecule has 2 rings (SSSR count). The third kappa shape index (κ3) is 2.54. The molecule has 0 radical (unpaired) electrons. The second-order valence-electron chi connectivity index (χ2n) is 4.30. The van der Waals surface area contributed by atoms with Crippen LogP contribution in [0.25, 0.3) is 0 Å². The fourth-order valence-corrected chi connectivity index (χ4v) is 2.30. The first-order chi connectivity index (χ1) is 8.91. The molecule has 102 valence electrons. The Hall–Kier alpha value is -1.66. The summed E-state index contributed by atoms with van der Waals surface area (Å²) in [6, 6.07) is 2.61. The van der Waals surface area contributed by atoms with E-state index < -0.39 is 29.8 Å². The standard InChI is InChI=1S/C12H11ClFNO4/c13-10-7(2-1-3-8(10)14)11(17)15-5-6(16)4-9(15)12(18)19/h1-3,6,9,16H,4-5H2,(H,18,19)/t6-,9-/m0/s1. The molecule has 0 spiro atoms. The Balaban J connectivity index is 2.33. The van der Waals surface area contributed by atoms with Crippen molar-refractivity contribution in [1.82, 2.24) is 4.90 Å². The third-order valence-electron chi connectivity index (χ3n) is 3.01. The Labute approximate surface area is 113 Å². The normalized spacial score (nSPS) is 22.6. The van der Waals surface area contributed by atoms with Crippen molar-refractivity contribution < 1.29 is 24.2 Å². The lowest BCUT2D eigenvalue weighted by Crippen LogP contribution is -2.40. The van der Waals surface area contributed by atoms with E-state index in [-0.39, 0.29) is 23.6 Å². The molecular formula is C12H11ClFNO4. The van der Waals surface area contributed by atoms with Crippen molar-refractivity contribution in [2.45, 2.75) is 18.6 Å². The molecule has 1 aromatic carbocycles. The largest absolute Gasteiger partial charge is 0.480 e. The number of aliphatic hydroxyl groups is 1. The number of hydrogen-bond acceptors (Lipinski definition) is 3. The number of rotatable bonds is 2. The Bertz CT molecular complexity index is 536. The summed E-state index contributed by atoms with van der Waals surface area (Å²) >= 11 is 5.70. The predicted octanol–water partition coefficient (Wildman–Crippen LogP) is 1.14. The van der Waals surface area contributed by atoms with E-state index in [9.17, 15) is 19.1 Å². The van der Waals surface area contributed by atoms with E-state index in [1.807, 2.05) is 0 Å². The van der Waals surface area contributed by atoms with Crippen LogP contribution in [-0.2, 0) is 4.79 Å². The molecule has 2 N–H and O–H groups in total. The summed E-state index contributed by atoms with van der Waals surface area (Å²) in [4.78, 5) is 24.2. The van der Waals surface area contributed by atoms with Gasteiger partial charge in [-0.3, -0.25) is 4.79 Å². The van der Waals surface area contributed by atoms with Gasteiger partial charge in [-0.05, 0) is 12.1 Å². The summed E-state index contributed by atoms with van der Waals surface area (Å²) in [5.74, 6) is -2.66. The van der Waals surface area contributed by atoms with Gasteiger partial charge in [0.1, 0.15) is 11.9 Å². The molecule has 2 atom stereocenters. The summed E-state index contributed by atoms with van der Waals surface area (Å²) in [6.07, 6.45) is -0.953. The third-order valence-corrected chi connectivity index (χ3v) is 3.39. The highest BCUT2D eigenvalue weighted by atomic mass is 35.5. The van der Waals surface area contributed by atoms with Crippen LogP contribution in [0.1, 0.15) is 16.8 Å². The highest BCUT2D eigenvalue weighted by Crippen LogP contribution is 2.25. The van der Waals surface area contributed by atoms with Gasteiger partial charge in [-0.1, -0.05) is 17.7 Å². The number of benzene rings is 1. The number of carboxylic acid groups (broad SMARTS) is 1. The summed E-state index contributed by atoms with van der Waals surface area (Å²) in [7, 11) is 0. The predicted molar refractivity (Wildman–Crippen MR) is 64.5 cm³/mol. The molecule has 1 saturated heterocycles. The molecule has 1 aromatic rings. The minimum absolute atomic E-state index is 0.0476. The molecule has 7 heteroatoms. The van der Waals surface area contributed by atoms with E-state index in [1.54, 1.807) is 0 Å². The van der Waals surface area contributed by atoms with Crippen molar-refractivity contribution in [2.75, 3.05) is 6.54 Å². The number of carbonyl (C=O) groups excluding carboxylic acids is 1. The van der Waals surface area contributed by atoms with E-state index >= 15 is 0 Å². The van der Waals surface area contributed by atoms with Gasteiger partial charge in [-0.2, -0.15) is 0 Å². The summed E-state index contributed by atoms with van der Waals surface area (Å²) < 4.78 is 13.3. The smallest absolute Gasteiger partial charge is 0.326 e. The van der Waals surface area contributed by atoms with Gasteiger partial charge in [0.05, 0.1) is 16.7 Å². The van der Waals surface area contributed by atoms with Crippen LogP contribution < -0.4 is 0 Å². The zero-order valence-corrected chi connectivity index (χ0v) is 10.5. The van der Waals surface area contributed by atoms with Crippen molar-refractivity contribution in [3.63, 3.8) is 0 Å². The Morgan fingerprint density at radius 1 is 1.42 bits per heavy atom. The van der Waals surface area contributed by atoms with Crippen LogP contribution in [0.5, 0.6) is 0 Å². The van der Waals surface area contributed by atoms with Gasteiger partial charge in [-0.25, -0.2) is 9.18 Å². The number of carbonyl (C=O) groups is 2. The van der Waals surface area contributed by atoms with Crippen LogP contribution in [0.2, 0.25) is 5.02 Å². The average Bonchev–Trinajstić information content (AvgIpc) is 2.74. The lowest BCUT2D eigenvalue weighted by Gasteiger charge is -2.21. The van der Waals surface area contributed by atoms with Gasteiger partial charge in [0.2, 0.25) is 0 Å². The second kappa shape index (κ2) is 5.14. The van der Waals surface area contributed by atoms with Gasteiger partial charge in [0, 0.05) is 13.0 Å². The number of aliphatic carboxylic acids is 1. The first-order valence-corrected chi connectivity index (χ1v) is 5.95. The number of aliphatic hydroxyl groups excluding tert-OH is 1. The minimum atomic E-state index is -1.21. The molecule has 1 aliphatic heterocycles. The average molecular weight is 288 g/mol. The molecule has 0 aromatic heterocycles. The van der Waals surface area contributed by atoms with Crippen LogP contribution in [-0.4, -0.2) is 45.7 Å². The van der Waals surface area contributed by atoms with Gasteiger partial charge in [0.15, 0.2) is 0 Å². The Morgan fingerprint density at radius 3 is 2.74 bits per heavy atom. The molecule has 0 unspecified atom stereocenters. The van der Waals surface area contributed by atoms with Gasteiger partial charge < -0.3 is 15.1 Å². The van der Waals surface area contributed by atoms with Crippen LogP contribution in [0, 0.1) is 5.82 Å². The lowest BCUT2D eigenvalue weighted by molar-refractivity contribution is -0.141. The quantitative estimate of drug-likeness (QED) is 0.855. The van der Waals surface area contributed by atoms with Crippen LogP contribution in [0.15, 0.2) is 18.2 Å². The van der Waals surface area contributed by atoms with Gasteiger partial charge in [0.25, 0.3) is 5.91 Å². The van der Waals surface area contributed by atoms with Crippen molar-refractivity contribution in [1.29, 1.82) is 0 Å². The number of halogens is 2. The molecular weight excluding hydrogens is 277 g/mol. The van der Waals surface area contributed by atoms with E-state index in [2.05, 4.69) is 0 Å². The summed E-state index contributed by atoms with van der Waals surface area (Å²) in [6.45, 7) is -0.108. The fourth-order valence-electron chi connectivity index (χ4n) is 2.10. The molecule has 0 aliphatic carbocycles. The number of carboxylic acids is 1. The first kappa shape index (κ1) is 13.8. The number of β-amino-alcohol motifs (C(OH)–C–C–N with tert-alkyl or cyclic N) is 1. The maximum atomic E-state index is 13.3. The van der Waals surface area contributed by atoms with E-state index in [1.165, 1.54) is 12.1 Å². The van der Waals surface area contributed by atoms with E-state index in [0.717, 1.165) is 11.0 Å². The van der Waals surface area contributed by atoms with Gasteiger partial charge >= 0.3 is 5.97 Å². The zero-order valence-electron chi connectivity index (χ0n) is 9.72. The molecule has 1 amide bonds. The van der Waals surface area contributed by atoms with Crippen molar-refractivity contribution in [2.24, 2.45) is 0 Å². The van der Waals surface area contributed by atoms with Crippen LogP contribution in [0.4, 0.5) is 4.39 Å². The molecule has 0 saturated carbocycles. The lowest BCUT2D eigenvalue weighted by atomic mass is 10.1. The molecule has 19 heavy (non-hydrogen) atoms. The summed E-state index contributed by atoms with van der Waals surface area (Å²) in [5.41, 5.74) is -0.109. The van der Waals surface area contributed by atoms with Crippen LogP contribution in [0.3, 0.4) is 0 Å². The molecule has 0 bridgehead atoms. The zero-order chi connectivity index (χ0) is 14.2. The van der Waals surface area contributed by atoms with Crippen LogP contribution >= 0.6 is 11.6 Å². The summed E-state index contributed by atoms with van der Waals surface area (Å²) in [5, 5.41) is 18.1. The fraction of sp³-hybridized carbons (Fsp3) is 0.333. The Morgan fingerprint density at radius 2 is 2.11 bits per heavy atom. The van der Waals surface area contributed by atoms with Crippen molar-refractivity contribution in [3.05, 3.63) is 34.6 Å². The molecule has 1 fully saturated rings. The van der Waals surface area contributed by atoms with E-state index in [0.29, 0.717) is 0 Å². The Kier molecular flexibility index (Phi) is 3.73. The molecule has 5 nitrogen and oxygen atoms in total. The number of likely N-dealkylation sites (tertiary alicyclic amines) is 1. The van der Waals surface area contributed by atoms with E-state index in [4.69, 9.17) is 16.7 Å². The van der Waals surface area contributed by atoms with Gasteiger partial charge in [-0.15, -0.1) is 0 Å². The number of nitrogens with zero attached hydrogens (tertiary/aromatic N) is 1. The highest BCUT2D eigenvalue weighted by Gasteiger charge is 2.39. The van der Waals surface area contributed by atoms with Crippen molar-refractivity contribution in [3.8, 4) is 0 Å². The SMILES string of the molecule is O=C(O)[C@@H]1C[C@H](O)CN1C(=O)c1cccc(F)c1Cl.